The largest absolute Gasteiger partial charge is 0.388 e. The van der Waals surface area contributed by atoms with Crippen LogP contribution in [0.15, 0.2) is 76.4 Å². The number of rotatable bonds is 4. The van der Waals surface area contributed by atoms with Crippen LogP contribution in [0.2, 0.25) is 0 Å². The number of nitrogens with one attached hydrogen (secondary N) is 2. The maximum Gasteiger partial charge on any atom is 0.256 e. The molecule has 0 atom stereocenters. The van der Waals surface area contributed by atoms with Gasteiger partial charge in [-0.05, 0) is 60.7 Å². The average Bonchev–Trinajstić information content (AvgIpc) is 3.18. The van der Waals surface area contributed by atoms with Crippen molar-refractivity contribution in [3.8, 4) is 5.69 Å². The molecule has 0 fully saturated rings. The number of aromatic nitrogens is 2. The van der Waals surface area contributed by atoms with Gasteiger partial charge in [0.2, 0.25) is 10.0 Å². The first kappa shape index (κ1) is 21.9. The number of primary sulfonamides is 1. The molecule has 160 valence electrons. The van der Waals surface area contributed by atoms with E-state index in [4.69, 9.17) is 5.14 Å². The summed E-state index contributed by atoms with van der Waals surface area (Å²) in [6, 6.07) is 16.5. The fourth-order valence-corrected chi connectivity index (χ4v) is 3.38. The van der Waals surface area contributed by atoms with Crippen LogP contribution in [-0.4, -0.2) is 31.3 Å². The number of nitrogens with zero attached hydrogens (tertiary/aromatic N) is 1. The van der Waals surface area contributed by atoms with E-state index >= 15 is 0 Å². The molecule has 4 aromatic rings. The minimum Gasteiger partial charge on any atom is -0.388 e. The molecule has 0 aliphatic carbocycles. The number of fused-ring (bicyclic) bond motifs is 1. The molecule has 0 radical (unpaired) electrons. The quantitative estimate of drug-likeness (QED) is 0.419. The predicted molar refractivity (Wildman–Crippen MR) is 117 cm³/mol. The summed E-state index contributed by atoms with van der Waals surface area (Å²) in [6.45, 7) is 0. The third-order valence-corrected chi connectivity index (χ3v) is 5.31. The van der Waals surface area contributed by atoms with E-state index in [-0.39, 0.29) is 16.3 Å². The Morgan fingerprint density at radius 2 is 1.68 bits per heavy atom. The first-order valence-corrected chi connectivity index (χ1v) is 10.5. The Morgan fingerprint density at radius 1 is 1.03 bits per heavy atom. The van der Waals surface area contributed by atoms with Gasteiger partial charge in [-0.3, -0.25) is 14.2 Å². The van der Waals surface area contributed by atoms with Crippen molar-refractivity contribution in [1.82, 2.24) is 9.55 Å². The molecule has 4 N–H and O–H groups in total. The zero-order valence-electron chi connectivity index (χ0n) is 16.4. The zero-order valence-corrected chi connectivity index (χ0v) is 17.2. The fourth-order valence-electron chi connectivity index (χ4n) is 2.86. The van der Waals surface area contributed by atoms with Crippen LogP contribution < -0.4 is 16.0 Å². The van der Waals surface area contributed by atoms with Crippen molar-refractivity contribution >= 4 is 33.0 Å². The van der Waals surface area contributed by atoms with Gasteiger partial charge in [0.05, 0.1) is 16.3 Å². The lowest BCUT2D eigenvalue weighted by molar-refractivity contribution is 0.111. The van der Waals surface area contributed by atoms with Gasteiger partial charge in [0.25, 0.3) is 5.56 Å². The van der Waals surface area contributed by atoms with E-state index in [1.807, 2.05) is 0 Å². The van der Waals surface area contributed by atoms with Crippen LogP contribution in [0.5, 0.6) is 0 Å². The second-order valence-corrected chi connectivity index (χ2v) is 8.01. The molecule has 0 saturated heterocycles. The van der Waals surface area contributed by atoms with Gasteiger partial charge in [0.1, 0.15) is 11.5 Å². The fraction of sp³-hybridized carbons (Fsp3) is 0.0476. The number of anilines is 1. The van der Waals surface area contributed by atoms with Crippen molar-refractivity contribution in [3.63, 3.8) is 0 Å². The van der Waals surface area contributed by atoms with Gasteiger partial charge < -0.3 is 10.3 Å². The average molecular weight is 442 g/mol. The number of halogens is 1. The molecule has 0 aliphatic heterocycles. The van der Waals surface area contributed by atoms with Gasteiger partial charge in [-0.1, -0.05) is 0 Å². The van der Waals surface area contributed by atoms with Crippen molar-refractivity contribution in [3.05, 3.63) is 88.6 Å². The molecular formula is C21H19FN4O4S. The highest BCUT2D eigenvalue weighted by atomic mass is 32.2. The van der Waals surface area contributed by atoms with E-state index in [0.717, 1.165) is 11.1 Å². The molecule has 0 unspecified atom stereocenters. The molecule has 8 nitrogen and oxygen atoms in total. The minimum absolute atomic E-state index is 0.126. The maximum absolute atomic E-state index is 12.9. The van der Waals surface area contributed by atoms with Crippen LogP contribution in [0.1, 0.15) is 10.5 Å². The molecule has 4 rings (SSSR count). The summed E-state index contributed by atoms with van der Waals surface area (Å²) in [5.41, 5.74) is 2.04. The lowest BCUT2D eigenvalue weighted by atomic mass is 10.2. The standard InChI is InChI=1S/C14H9FN2O2.C7H10N2O2S/c15-10-2-4-12(5-3-10)17-13(19)6-1-9-7-11(8-18)16-14(9)17;1-9-6-2-4-7(5-3-6)12(8,10)11/h1-8,16H;2-5,9H,1H3,(H2,8,10,11). The highest BCUT2D eigenvalue weighted by Gasteiger charge is 2.09. The summed E-state index contributed by atoms with van der Waals surface area (Å²) in [6.07, 6.45) is 0.680. The van der Waals surface area contributed by atoms with Crippen LogP contribution in [0, 0.1) is 5.82 Å². The number of pyridine rings is 1. The predicted octanol–water partition coefficient (Wildman–Crippen LogP) is 2.65. The molecular weight excluding hydrogens is 423 g/mol. The highest BCUT2D eigenvalue weighted by Crippen LogP contribution is 2.17. The minimum atomic E-state index is -3.56. The summed E-state index contributed by atoms with van der Waals surface area (Å²) >= 11 is 0. The second kappa shape index (κ2) is 8.94. The lowest BCUT2D eigenvalue weighted by Crippen LogP contribution is -2.17. The first-order valence-electron chi connectivity index (χ1n) is 8.99. The Hall–Kier alpha value is -3.76. The Morgan fingerprint density at radius 3 is 2.23 bits per heavy atom. The number of hydrogen-bond donors (Lipinski definition) is 3. The molecule has 10 heteroatoms. The molecule has 0 amide bonds. The number of nitrogens with two attached hydrogens (primary N) is 1. The van der Waals surface area contributed by atoms with Crippen LogP contribution >= 0.6 is 0 Å². The van der Waals surface area contributed by atoms with E-state index in [9.17, 15) is 22.4 Å². The van der Waals surface area contributed by atoms with E-state index in [2.05, 4.69) is 10.3 Å². The Kier molecular flexibility index (Phi) is 6.33. The SMILES string of the molecule is CNc1ccc(S(N)(=O)=O)cc1.O=Cc1cc2ccc(=O)n(-c3ccc(F)cc3)c2[nH]1. The van der Waals surface area contributed by atoms with Crippen LogP contribution in [0.25, 0.3) is 16.7 Å². The van der Waals surface area contributed by atoms with Crippen molar-refractivity contribution < 1.29 is 17.6 Å². The topological polar surface area (TPSA) is 127 Å². The van der Waals surface area contributed by atoms with Crippen LogP contribution in [-0.2, 0) is 10.0 Å². The summed E-state index contributed by atoms with van der Waals surface area (Å²) < 4.78 is 35.9. The van der Waals surface area contributed by atoms with E-state index in [1.165, 1.54) is 47.0 Å². The molecule has 2 heterocycles. The van der Waals surface area contributed by atoms with Crippen molar-refractivity contribution in [2.75, 3.05) is 12.4 Å². The molecule has 31 heavy (non-hydrogen) atoms. The Balaban J connectivity index is 0.000000196. The monoisotopic (exact) mass is 442 g/mol. The van der Waals surface area contributed by atoms with Crippen molar-refractivity contribution in [1.29, 1.82) is 0 Å². The molecule has 2 aromatic heterocycles. The third kappa shape index (κ3) is 5.05. The zero-order chi connectivity index (χ0) is 22.6. The van der Waals surface area contributed by atoms with Crippen molar-refractivity contribution in [2.24, 2.45) is 5.14 Å². The summed E-state index contributed by atoms with van der Waals surface area (Å²) in [5.74, 6) is -0.371. The Bertz CT molecular complexity index is 1380. The summed E-state index contributed by atoms with van der Waals surface area (Å²) in [5, 5.41) is 8.51. The molecule has 0 bridgehead atoms. The molecule has 0 saturated carbocycles. The smallest absolute Gasteiger partial charge is 0.256 e. The van der Waals surface area contributed by atoms with Gasteiger partial charge in [-0.15, -0.1) is 0 Å². The number of hydrogen-bond acceptors (Lipinski definition) is 5. The summed E-state index contributed by atoms with van der Waals surface area (Å²) in [4.78, 5) is 25.8. The van der Waals surface area contributed by atoms with Crippen LogP contribution in [0.4, 0.5) is 10.1 Å². The van der Waals surface area contributed by atoms with Crippen LogP contribution in [0.3, 0.4) is 0 Å². The number of H-pyrrole nitrogens is 1. The Labute approximate surface area is 177 Å². The lowest BCUT2D eigenvalue weighted by Gasteiger charge is -2.06. The van der Waals surface area contributed by atoms with Gasteiger partial charge >= 0.3 is 0 Å². The number of benzene rings is 2. The van der Waals surface area contributed by atoms with Gasteiger partial charge in [-0.2, -0.15) is 0 Å². The van der Waals surface area contributed by atoms with E-state index in [1.54, 1.807) is 31.3 Å². The highest BCUT2D eigenvalue weighted by molar-refractivity contribution is 7.89. The maximum atomic E-state index is 12.9. The number of carbonyl (C=O) groups is 1. The number of carbonyl (C=O) groups excluding carboxylic acids is 1. The number of aldehydes is 1. The molecule has 0 spiro atoms. The van der Waals surface area contributed by atoms with E-state index < -0.39 is 10.0 Å². The number of aromatic amines is 1. The van der Waals surface area contributed by atoms with Crippen molar-refractivity contribution in [2.45, 2.75) is 4.90 Å². The normalized spacial score (nSPS) is 10.9. The first-order chi connectivity index (χ1) is 14.7. The molecule has 0 aliphatic rings. The number of sulfonamides is 1. The van der Waals surface area contributed by atoms with Gasteiger partial charge in [-0.25, -0.2) is 17.9 Å². The third-order valence-electron chi connectivity index (χ3n) is 4.38. The summed E-state index contributed by atoms with van der Waals surface area (Å²) in [7, 11) is -1.80. The van der Waals surface area contributed by atoms with E-state index in [0.29, 0.717) is 23.3 Å². The van der Waals surface area contributed by atoms with Gasteiger partial charge in [0, 0.05) is 24.2 Å². The molecule has 2 aromatic carbocycles. The van der Waals surface area contributed by atoms with Gasteiger partial charge in [0.15, 0.2) is 6.29 Å². The second-order valence-electron chi connectivity index (χ2n) is 6.45.